The lowest BCUT2D eigenvalue weighted by molar-refractivity contribution is -0.384. The molecule has 0 fully saturated rings. The first-order valence-electron chi connectivity index (χ1n) is 9.04. The van der Waals surface area contributed by atoms with E-state index in [0.717, 1.165) is 5.56 Å². The average Bonchev–Trinajstić information content (AvgIpc) is 2.75. The highest BCUT2D eigenvalue weighted by Crippen LogP contribution is 2.25. The van der Waals surface area contributed by atoms with Gasteiger partial charge in [-0.25, -0.2) is 5.43 Å². The van der Waals surface area contributed by atoms with E-state index in [2.05, 4.69) is 26.5 Å². The first-order valence-corrected chi connectivity index (χ1v) is 11.2. The molecule has 164 valence electrons. The molecule has 0 aromatic heterocycles. The molecule has 0 radical (unpaired) electrons. The molecule has 0 saturated heterocycles. The summed E-state index contributed by atoms with van der Waals surface area (Å²) in [6.07, 6.45) is 1.23. The molecule has 0 aliphatic heterocycles. The molecule has 11 heteroatoms. The first-order chi connectivity index (χ1) is 15.2. The Kier molecular flexibility index (Phi) is 7.01. The highest BCUT2D eigenvalue weighted by molar-refractivity contribution is 9.10. The van der Waals surface area contributed by atoms with Gasteiger partial charge in [0.1, 0.15) is 4.90 Å². The zero-order valence-electron chi connectivity index (χ0n) is 16.6. The van der Waals surface area contributed by atoms with Crippen molar-refractivity contribution in [1.29, 1.82) is 0 Å². The lowest BCUT2D eigenvalue weighted by Crippen LogP contribution is -2.17. The maximum Gasteiger partial charge on any atom is 0.339 e. The van der Waals surface area contributed by atoms with Crippen molar-refractivity contribution in [2.24, 2.45) is 5.10 Å². The number of carbonyl (C=O) groups excluding carboxylic acids is 1. The topological polar surface area (TPSA) is 128 Å². The second kappa shape index (κ2) is 9.71. The number of rotatable bonds is 7. The van der Waals surface area contributed by atoms with Crippen molar-refractivity contribution < 1.29 is 22.3 Å². The second-order valence-corrected chi connectivity index (χ2v) is 9.00. The van der Waals surface area contributed by atoms with Crippen molar-refractivity contribution in [3.8, 4) is 5.75 Å². The van der Waals surface area contributed by atoms with Gasteiger partial charge in [0, 0.05) is 27.7 Å². The van der Waals surface area contributed by atoms with Crippen molar-refractivity contribution in [2.45, 2.75) is 11.8 Å². The molecule has 1 amide bonds. The van der Waals surface area contributed by atoms with Gasteiger partial charge in [-0.3, -0.25) is 14.9 Å². The highest BCUT2D eigenvalue weighted by atomic mass is 79.9. The molecule has 1 N–H and O–H groups in total. The Bertz CT molecular complexity index is 1290. The van der Waals surface area contributed by atoms with Gasteiger partial charge < -0.3 is 4.18 Å². The maximum atomic E-state index is 12.6. The third-order valence-electron chi connectivity index (χ3n) is 4.19. The summed E-state index contributed by atoms with van der Waals surface area (Å²) in [5.74, 6) is -0.581. The van der Waals surface area contributed by atoms with Crippen molar-refractivity contribution in [3.05, 3.63) is 98.0 Å². The van der Waals surface area contributed by atoms with Gasteiger partial charge in [-0.05, 0) is 49.4 Å². The van der Waals surface area contributed by atoms with Crippen molar-refractivity contribution >= 4 is 43.9 Å². The van der Waals surface area contributed by atoms with Crippen LogP contribution >= 0.6 is 15.9 Å². The van der Waals surface area contributed by atoms with Gasteiger partial charge in [0.15, 0.2) is 5.75 Å². The van der Waals surface area contributed by atoms with Crippen LogP contribution in [-0.2, 0) is 10.1 Å². The Hall–Kier alpha value is -3.57. The van der Waals surface area contributed by atoms with E-state index in [0.29, 0.717) is 10.0 Å². The van der Waals surface area contributed by atoms with Crippen LogP contribution in [0.5, 0.6) is 5.75 Å². The molecule has 3 aromatic carbocycles. The summed E-state index contributed by atoms with van der Waals surface area (Å²) in [4.78, 5) is 22.3. The minimum Gasteiger partial charge on any atom is -0.378 e. The number of carbonyl (C=O) groups is 1. The molecule has 0 heterocycles. The van der Waals surface area contributed by atoms with Crippen molar-refractivity contribution in [3.63, 3.8) is 0 Å². The predicted octanol–water partition coefficient (Wildman–Crippen LogP) is 4.20. The highest BCUT2D eigenvalue weighted by Gasteiger charge is 2.18. The molecule has 9 nitrogen and oxygen atoms in total. The molecule has 0 aliphatic rings. The number of benzene rings is 3. The Morgan fingerprint density at radius 3 is 2.38 bits per heavy atom. The number of aryl methyl sites for hydroxylation is 1. The minimum absolute atomic E-state index is 0.000353. The van der Waals surface area contributed by atoms with Gasteiger partial charge in [-0.2, -0.15) is 13.5 Å². The Labute approximate surface area is 192 Å². The number of nitrogens with zero attached hydrogens (tertiary/aromatic N) is 2. The molecular weight excluding hydrogens is 502 g/mol. The Balaban J connectivity index is 1.77. The van der Waals surface area contributed by atoms with E-state index in [9.17, 15) is 23.3 Å². The Morgan fingerprint density at radius 1 is 1.09 bits per heavy atom. The van der Waals surface area contributed by atoms with Crippen LogP contribution in [0.4, 0.5) is 5.69 Å². The van der Waals surface area contributed by atoms with Crippen LogP contribution in [0.25, 0.3) is 0 Å². The van der Waals surface area contributed by atoms with E-state index in [-0.39, 0.29) is 21.9 Å². The summed E-state index contributed by atoms with van der Waals surface area (Å²) in [6, 6.07) is 15.8. The number of halogens is 1. The van der Waals surface area contributed by atoms with Gasteiger partial charge in [0.2, 0.25) is 0 Å². The summed E-state index contributed by atoms with van der Waals surface area (Å²) in [7, 11) is -4.08. The van der Waals surface area contributed by atoms with Crippen LogP contribution in [0.3, 0.4) is 0 Å². The van der Waals surface area contributed by atoms with Gasteiger partial charge in [0.05, 0.1) is 11.1 Å². The molecule has 0 atom stereocenters. The summed E-state index contributed by atoms with van der Waals surface area (Å²) >= 11 is 3.30. The summed E-state index contributed by atoms with van der Waals surface area (Å²) < 4.78 is 31.1. The average molecular weight is 518 g/mol. The van der Waals surface area contributed by atoms with Crippen LogP contribution in [0.15, 0.2) is 81.2 Å². The fourth-order valence-corrected chi connectivity index (χ4v) is 3.86. The number of nitrogens with one attached hydrogen (secondary N) is 1. The molecule has 3 rings (SSSR count). The summed E-state index contributed by atoms with van der Waals surface area (Å²) in [6.45, 7) is 1.84. The van der Waals surface area contributed by atoms with Crippen molar-refractivity contribution in [2.75, 3.05) is 0 Å². The van der Waals surface area contributed by atoms with Crippen LogP contribution in [0.1, 0.15) is 21.5 Å². The Morgan fingerprint density at radius 2 is 1.75 bits per heavy atom. The van der Waals surface area contributed by atoms with Crippen LogP contribution in [0, 0.1) is 17.0 Å². The lowest BCUT2D eigenvalue weighted by Gasteiger charge is -2.10. The van der Waals surface area contributed by atoms with E-state index in [1.807, 2.05) is 6.92 Å². The monoisotopic (exact) mass is 517 g/mol. The minimum atomic E-state index is -4.08. The third kappa shape index (κ3) is 5.77. The number of non-ortho nitro benzene ring substituents is 1. The van der Waals surface area contributed by atoms with Gasteiger partial charge in [0.25, 0.3) is 11.6 Å². The van der Waals surface area contributed by atoms with Crippen LogP contribution in [-0.4, -0.2) is 25.5 Å². The lowest BCUT2D eigenvalue weighted by atomic mass is 10.2. The number of hydrogen-bond acceptors (Lipinski definition) is 7. The molecule has 32 heavy (non-hydrogen) atoms. The first kappa shape index (κ1) is 23.1. The van der Waals surface area contributed by atoms with E-state index in [1.54, 1.807) is 24.3 Å². The van der Waals surface area contributed by atoms with E-state index in [1.165, 1.54) is 48.7 Å². The van der Waals surface area contributed by atoms with Gasteiger partial charge in [-0.1, -0.05) is 33.6 Å². The van der Waals surface area contributed by atoms with Gasteiger partial charge >= 0.3 is 10.1 Å². The largest absolute Gasteiger partial charge is 0.378 e. The maximum absolute atomic E-state index is 12.6. The molecular formula is C21H16BrN3O6S. The number of hydrogen-bond donors (Lipinski definition) is 1. The molecule has 0 saturated carbocycles. The number of amides is 1. The fraction of sp³-hybridized carbons (Fsp3) is 0.0476. The van der Waals surface area contributed by atoms with Crippen LogP contribution in [0.2, 0.25) is 0 Å². The zero-order valence-corrected chi connectivity index (χ0v) is 19.0. The second-order valence-electron chi connectivity index (χ2n) is 6.54. The quantitative estimate of drug-likeness (QED) is 0.216. The van der Waals surface area contributed by atoms with E-state index < -0.39 is 20.9 Å². The molecule has 0 aliphatic carbocycles. The summed E-state index contributed by atoms with van der Waals surface area (Å²) in [5.41, 5.74) is 3.51. The number of nitro groups is 1. The van der Waals surface area contributed by atoms with E-state index >= 15 is 0 Å². The molecule has 0 unspecified atom stereocenters. The predicted molar refractivity (Wildman–Crippen MR) is 121 cm³/mol. The third-order valence-corrected chi connectivity index (χ3v) is 5.93. The smallest absolute Gasteiger partial charge is 0.339 e. The SMILES string of the molecule is Cc1ccc(S(=O)(=O)Oc2ccc(Br)cc2/C=N\NC(=O)c2ccc([N+](=O)[O-])cc2)cc1. The van der Waals surface area contributed by atoms with Gasteiger partial charge in [-0.15, -0.1) is 0 Å². The van der Waals surface area contributed by atoms with E-state index in [4.69, 9.17) is 4.18 Å². The molecule has 3 aromatic rings. The number of nitro benzene ring substituents is 1. The standard InChI is InChI=1S/C21H16BrN3O6S/c1-14-2-9-19(10-3-14)32(29,30)31-20-11-6-17(22)12-16(20)13-23-24-21(26)15-4-7-18(8-5-15)25(27)28/h2-13H,1H3,(H,24,26)/b23-13-. The van der Waals surface area contributed by atoms with Crippen molar-refractivity contribution in [1.82, 2.24) is 5.43 Å². The number of hydrazone groups is 1. The summed E-state index contributed by atoms with van der Waals surface area (Å²) in [5, 5.41) is 14.5. The zero-order chi connectivity index (χ0) is 23.3. The normalized spacial score (nSPS) is 11.3. The molecule has 0 bridgehead atoms. The van der Waals surface area contributed by atoms with Crippen LogP contribution < -0.4 is 9.61 Å². The molecule has 0 spiro atoms. The fourth-order valence-electron chi connectivity index (χ4n) is 2.53.